The number of halogens is 3. The monoisotopic (exact) mass is 345 g/mol. The van der Waals surface area contributed by atoms with Gasteiger partial charge in [0.15, 0.2) is 0 Å². The van der Waals surface area contributed by atoms with Crippen LogP contribution in [0.15, 0.2) is 23.0 Å². The van der Waals surface area contributed by atoms with Gasteiger partial charge >= 0.3 is 17.8 Å². The average Bonchev–Trinajstić information content (AvgIpc) is 2.85. The predicted octanol–water partition coefficient (Wildman–Crippen LogP) is 2.20. The van der Waals surface area contributed by atoms with Gasteiger partial charge in [-0.15, -0.1) is 0 Å². The third kappa shape index (κ3) is 3.97. The Labute approximate surface area is 135 Å². The lowest BCUT2D eigenvalue weighted by molar-refractivity contribution is -0.192. The summed E-state index contributed by atoms with van der Waals surface area (Å²) >= 11 is 0. The molecule has 1 aromatic carbocycles. The molecule has 0 spiro atoms. The number of rotatable bonds is 1. The zero-order chi connectivity index (χ0) is 17.9. The minimum atomic E-state index is -5.08. The smallest absolute Gasteiger partial charge is 0.475 e. The number of carbonyl (C=O) groups is 1. The first-order chi connectivity index (χ1) is 11.2. The van der Waals surface area contributed by atoms with Crippen molar-refractivity contribution in [2.75, 3.05) is 13.1 Å². The molecule has 0 aliphatic carbocycles. The predicted molar refractivity (Wildman–Crippen MR) is 82.1 cm³/mol. The van der Waals surface area contributed by atoms with Crippen LogP contribution in [0.5, 0.6) is 0 Å². The Balaban J connectivity index is 0.000000256. The number of hydrogen-bond donors (Lipinski definition) is 3. The number of aryl methyl sites for hydroxylation is 1. The van der Waals surface area contributed by atoms with E-state index in [0.29, 0.717) is 6.04 Å². The number of hydrogen-bond acceptors (Lipinski definition) is 3. The number of benzene rings is 1. The lowest BCUT2D eigenvalue weighted by Crippen LogP contribution is -2.33. The van der Waals surface area contributed by atoms with Gasteiger partial charge in [-0.25, -0.2) is 9.59 Å². The van der Waals surface area contributed by atoms with Crippen LogP contribution in [0, 0.1) is 6.92 Å². The molecule has 1 aliphatic heterocycles. The van der Waals surface area contributed by atoms with Crippen LogP contribution < -0.4 is 11.0 Å². The number of piperidine rings is 1. The van der Waals surface area contributed by atoms with Crippen LogP contribution in [0.2, 0.25) is 0 Å². The zero-order valence-electron chi connectivity index (χ0n) is 13.0. The first-order valence-corrected chi connectivity index (χ1v) is 7.42. The number of para-hydroxylation sites is 1. The highest BCUT2D eigenvalue weighted by molar-refractivity contribution is 5.78. The first-order valence-electron chi connectivity index (χ1n) is 7.42. The molecule has 0 bridgehead atoms. The molecule has 9 heteroatoms. The van der Waals surface area contributed by atoms with Crippen LogP contribution in [0.3, 0.4) is 0 Å². The topological polar surface area (TPSA) is 87.1 Å². The Morgan fingerprint density at radius 2 is 1.88 bits per heavy atom. The van der Waals surface area contributed by atoms with E-state index in [0.717, 1.165) is 37.0 Å². The maximum Gasteiger partial charge on any atom is 0.490 e. The van der Waals surface area contributed by atoms with Gasteiger partial charge < -0.3 is 15.4 Å². The number of nitrogens with one attached hydrogen (secondary N) is 2. The minimum absolute atomic E-state index is 0.0289. The summed E-state index contributed by atoms with van der Waals surface area (Å²) in [5.74, 6) is -2.76. The van der Waals surface area contributed by atoms with Crippen molar-refractivity contribution in [2.24, 2.45) is 0 Å². The molecule has 0 atom stereocenters. The van der Waals surface area contributed by atoms with Crippen LogP contribution in [-0.4, -0.2) is 39.9 Å². The van der Waals surface area contributed by atoms with Crippen molar-refractivity contribution in [2.45, 2.75) is 32.0 Å². The summed E-state index contributed by atoms with van der Waals surface area (Å²) < 4.78 is 33.7. The van der Waals surface area contributed by atoms with Gasteiger partial charge in [0.05, 0.1) is 11.0 Å². The summed E-state index contributed by atoms with van der Waals surface area (Å²) in [7, 11) is 0. The van der Waals surface area contributed by atoms with Crippen LogP contribution in [0.1, 0.15) is 24.4 Å². The van der Waals surface area contributed by atoms with Gasteiger partial charge in [-0.05, 0) is 44.5 Å². The maximum absolute atomic E-state index is 12.1. The van der Waals surface area contributed by atoms with E-state index in [2.05, 4.69) is 23.3 Å². The van der Waals surface area contributed by atoms with Crippen molar-refractivity contribution >= 4 is 17.0 Å². The molecule has 0 unspecified atom stereocenters. The quantitative estimate of drug-likeness (QED) is 0.739. The second-order valence-electron chi connectivity index (χ2n) is 5.56. The van der Waals surface area contributed by atoms with Crippen molar-refractivity contribution in [3.05, 3.63) is 34.2 Å². The third-order valence-corrected chi connectivity index (χ3v) is 3.86. The molecular formula is C15H18F3N3O3. The molecule has 3 rings (SSSR count). The van der Waals surface area contributed by atoms with Crippen molar-refractivity contribution in [1.82, 2.24) is 14.9 Å². The maximum atomic E-state index is 12.1. The van der Waals surface area contributed by atoms with Crippen molar-refractivity contribution in [3.63, 3.8) is 0 Å². The van der Waals surface area contributed by atoms with Crippen LogP contribution >= 0.6 is 0 Å². The highest BCUT2D eigenvalue weighted by Crippen LogP contribution is 2.23. The Hall–Kier alpha value is -2.29. The highest BCUT2D eigenvalue weighted by atomic mass is 19.4. The molecule has 1 fully saturated rings. The standard InChI is InChI=1S/C13H17N3O.C2HF3O2/c1-9-3-2-4-11-12(9)16(13(17)15-11)10-5-7-14-8-6-10;3-2(4,5)1(6)7/h2-4,10,14H,5-8H2,1H3,(H,15,17);(H,6,7). The van der Waals surface area contributed by atoms with Crippen LogP contribution in [0.25, 0.3) is 11.0 Å². The molecule has 2 aromatic rings. The molecule has 0 saturated carbocycles. The molecule has 6 nitrogen and oxygen atoms in total. The number of carboxylic acids is 1. The fourth-order valence-electron chi connectivity index (χ4n) is 2.77. The lowest BCUT2D eigenvalue weighted by atomic mass is 10.1. The summed E-state index contributed by atoms with van der Waals surface area (Å²) in [4.78, 5) is 23.9. The summed E-state index contributed by atoms with van der Waals surface area (Å²) in [6, 6.07) is 6.35. The van der Waals surface area contributed by atoms with Crippen molar-refractivity contribution in [1.29, 1.82) is 0 Å². The number of aliphatic carboxylic acids is 1. The fraction of sp³-hybridized carbons (Fsp3) is 0.467. The number of nitrogens with zero attached hydrogens (tertiary/aromatic N) is 1. The van der Waals surface area contributed by atoms with E-state index in [9.17, 15) is 18.0 Å². The number of H-pyrrole nitrogens is 1. The zero-order valence-corrected chi connectivity index (χ0v) is 13.0. The van der Waals surface area contributed by atoms with E-state index < -0.39 is 12.1 Å². The van der Waals surface area contributed by atoms with Crippen LogP contribution in [-0.2, 0) is 4.79 Å². The van der Waals surface area contributed by atoms with E-state index in [-0.39, 0.29) is 5.69 Å². The fourth-order valence-corrected chi connectivity index (χ4v) is 2.77. The summed E-state index contributed by atoms with van der Waals surface area (Å²) in [5, 5.41) is 10.5. The molecule has 24 heavy (non-hydrogen) atoms. The Bertz CT molecular complexity index is 774. The van der Waals surface area contributed by atoms with Crippen molar-refractivity contribution < 1.29 is 23.1 Å². The first kappa shape index (κ1) is 18.1. The number of carboxylic acid groups (broad SMARTS) is 1. The van der Waals surface area contributed by atoms with Crippen LogP contribution in [0.4, 0.5) is 13.2 Å². The van der Waals surface area contributed by atoms with Gasteiger partial charge in [-0.1, -0.05) is 12.1 Å². The summed E-state index contributed by atoms with van der Waals surface area (Å²) in [5.41, 5.74) is 3.22. The molecule has 1 aliphatic rings. The second-order valence-corrected chi connectivity index (χ2v) is 5.56. The number of imidazole rings is 1. The van der Waals surface area contributed by atoms with Crippen molar-refractivity contribution in [3.8, 4) is 0 Å². The number of aromatic amines is 1. The van der Waals surface area contributed by atoms with E-state index >= 15 is 0 Å². The lowest BCUT2D eigenvalue weighted by Gasteiger charge is -2.24. The largest absolute Gasteiger partial charge is 0.490 e. The normalized spacial score (nSPS) is 15.8. The number of fused-ring (bicyclic) bond motifs is 1. The second kappa shape index (κ2) is 7.08. The van der Waals surface area contributed by atoms with Gasteiger partial charge in [-0.2, -0.15) is 13.2 Å². The van der Waals surface area contributed by atoms with Gasteiger partial charge in [0.25, 0.3) is 0 Å². The molecule has 0 amide bonds. The molecule has 3 N–H and O–H groups in total. The van der Waals surface area contributed by atoms with E-state index in [1.807, 2.05) is 16.7 Å². The number of aromatic nitrogens is 2. The van der Waals surface area contributed by atoms with E-state index in [1.54, 1.807) is 0 Å². The third-order valence-electron chi connectivity index (χ3n) is 3.86. The molecule has 0 radical (unpaired) electrons. The van der Waals surface area contributed by atoms with Gasteiger partial charge in [0.2, 0.25) is 0 Å². The van der Waals surface area contributed by atoms with Gasteiger partial charge in [-0.3, -0.25) is 4.57 Å². The number of alkyl halides is 3. The Kier molecular flexibility index (Phi) is 5.33. The SMILES string of the molecule is Cc1cccc2[nH]c(=O)n(C3CCNCC3)c12.O=C(O)C(F)(F)F. The van der Waals surface area contributed by atoms with Gasteiger partial charge in [0.1, 0.15) is 0 Å². The van der Waals surface area contributed by atoms with E-state index in [4.69, 9.17) is 9.90 Å². The van der Waals surface area contributed by atoms with E-state index in [1.165, 1.54) is 5.56 Å². The Morgan fingerprint density at radius 3 is 2.42 bits per heavy atom. The molecular weight excluding hydrogens is 327 g/mol. The average molecular weight is 345 g/mol. The molecule has 2 heterocycles. The molecule has 1 aromatic heterocycles. The summed E-state index contributed by atoms with van der Waals surface area (Å²) in [6.45, 7) is 4.05. The summed E-state index contributed by atoms with van der Waals surface area (Å²) in [6.07, 6.45) is -3.03. The molecule has 132 valence electrons. The highest BCUT2D eigenvalue weighted by Gasteiger charge is 2.38. The molecule has 1 saturated heterocycles. The minimum Gasteiger partial charge on any atom is -0.475 e. The Morgan fingerprint density at radius 1 is 1.29 bits per heavy atom. The van der Waals surface area contributed by atoms with Gasteiger partial charge in [0, 0.05) is 6.04 Å².